The Hall–Kier alpha value is -0.390. The fourth-order valence-electron chi connectivity index (χ4n) is 1.04. The number of thiophene rings is 1. The van der Waals surface area contributed by atoms with Gasteiger partial charge in [0.15, 0.2) is 0 Å². The first kappa shape index (κ1) is 12.7. The van der Waals surface area contributed by atoms with Crippen molar-refractivity contribution in [1.82, 2.24) is 5.32 Å². The Balaban J connectivity index is 2.19. The molecule has 1 rings (SSSR count). The number of ether oxygens (including phenoxy) is 1. The lowest BCUT2D eigenvalue weighted by Gasteiger charge is -2.07. The lowest BCUT2D eigenvalue weighted by molar-refractivity contribution is -0.146. The fourth-order valence-corrected chi connectivity index (χ4v) is 2.49. The number of hydrogen-bond donors (Lipinski definition) is 1. The summed E-state index contributed by atoms with van der Waals surface area (Å²) < 4.78 is 6.09. The molecule has 3 nitrogen and oxygen atoms in total. The van der Waals surface area contributed by atoms with Crippen LogP contribution in [0.25, 0.3) is 0 Å². The Kier molecular flexibility index (Phi) is 5.28. The van der Waals surface area contributed by atoms with Crippen molar-refractivity contribution in [1.29, 1.82) is 0 Å². The van der Waals surface area contributed by atoms with E-state index in [1.165, 1.54) is 4.88 Å². The maximum Gasteiger partial charge on any atom is 0.320 e. The maximum atomic E-state index is 11.2. The van der Waals surface area contributed by atoms with E-state index >= 15 is 0 Å². The first-order valence-electron chi connectivity index (χ1n) is 4.72. The van der Waals surface area contributed by atoms with Crippen molar-refractivity contribution in [2.75, 3.05) is 6.54 Å². The molecule has 0 saturated heterocycles. The van der Waals surface area contributed by atoms with E-state index in [1.807, 2.05) is 26.0 Å². The number of hydrogen-bond acceptors (Lipinski definition) is 4. The molecule has 0 saturated carbocycles. The van der Waals surface area contributed by atoms with E-state index in [4.69, 9.17) is 4.74 Å². The molecule has 0 atom stereocenters. The van der Waals surface area contributed by atoms with Crippen LogP contribution in [0.5, 0.6) is 0 Å². The number of rotatable bonds is 5. The molecule has 0 aromatic carbocycles. The van der Waals surface area contributed by atoms with Crippen molar-refractivity contribution in [3.8, 4) is 0 Å². The molecule has 0 fully saturated rings. The molecule has 0 amide bonds. The van der Waals surface area contributed by atoms with Crippen LogP contribution in [0.2, 0.25) is 0 Å². The minimum Gasteiger partial charge on any atom is -0.462 e. The van der Waals surface area contributed by atoms with Gasteiger partial charge in [0.05, 0.1) is 16.4 Å². The van der Waals surface area contributed by atoms with E-state index in [0.29, 0.717) is 6.54 Å². The van der Waals surface area contributed by atoms with Crippen molar-refractivity contribution in [2.45, 2.75) is 26.5 Å². The standard InChI is InChI=1S/C10H14BrNO2S/c1-7(2)14-10(13)6-12-5-8-3-4-9(11)15-8/h3-4,7,12H,5-6H2,1-2H3. The molecule has 0 aliphatic rings. The summed E-state index contributed by atoms with van der Waals surface area (Å²) in [7, 11) is 0. The van der Waals surface area contributed by atoms with Crippen LogP contribution in [-0.4, -0.2) is 18.6 Å². The molecule has 0 bridgehead atoms. The monoisotopic (exact) mass is 291 g/mol. The van der Waals surface area contributed by atoms with E-state index in [9.17, 15) is 4.79 Å². The molecule has 84 valence electrons. The van der Waals surface area contributed by atoms with Crippen molar-refractivity contribution < 1.29 is 9.53 Å². The van der Waals surface area contributed by atoms with E-state index in [1.54, 1.807) is 11.3 Å². The summed E-state index contributed by atoms with van der Waals surface area (Å²) in [6.07, 6.45) is -0.0461. The molecule has 5 heteroatoms. The van der Waals surface area contributed by atoms with Gasteiger partial charge in [-0.3, -0.25) is 4.79 Å². The number of halogens is 1. The average Bonchev–Trinajstić information content (AvgIpc) is 2.50. The molecule has 0 unspecified atom stereocenters. The van der Waals surface area contributed by atoms with E-state index in [-0.39, 0.29) is 18.6 Å². The Morgan fingerprint density at radius 3 is 2.87 bits per heavy atom. The minimum atomic E-state index is -0.208. The van der Waals surface area contributed by atoms with Gasteiger partial charge in [-0.05, 0) is 41.9 Å². The van der Waals surface area contributed by atoms with Gasteiger partial charge in [-0.2, -0.15) is 0 Å². The number of carbonyl (C=O) groups is 1. The summed E-state index contributed by atoms with van der Waals surface area (Å²) >= 11 is 5.04. The van der Waals surface area contributed by atoms with Crippen LogP contribution in [0.3, 0.4) is 0 Å². The third-order valence-corrected chi connectivity index (χ3v) is 3.19. The molecule has 1 heterocycles. The molecular formula is C10H14BrNO2S. The zero-order chi connectivity index (χ0) is 11.3. The highest BCUT2D eigenvalue weighted by molar-refractivity contribution is 9.11. The molecule has 0 aliphatic carbocycles. The average molecular weight is 292 g/mol. The minimum absolute atomic E-state index is 0.0461. The van der Waals surface area contributed by atoms with Crippen LogP contribution in [0.15, 0.2) is 15.9 Å². The maximum absolute atomic E-state index is 11.2. The highest BCUT2D eigenvalue weighted by Crippen LogP contribution is 2.21. The van der Waals surface area contributed by atoms with Crippen LogP contribution in [0, 0.1) is 0 Å². The SMILES string of the molecule is CC(C)OC(=O)CNCc1ccc(Br)s1. The van der Waals surface area contributed by atoms with E-state index in [2.05, 4.69) is 21.2 Å². The zero-order valence-corrected chi connectivity index (χ0v) is 11.2. The van der Waals surface area contributed by atoms with Crippen molar-refractivity contribution >= 4 is 33.2 Å². The molecule has 1 aromatic rings. The molecule has 0 radical (unpaired) electrons. The smallest absolute Gasteiger partial charge is 0.320 e. The van der Waals surface area contributed by atoms with Gasteiger partial charge in [0.2, 0.25) is 0 Å². The summed E-state index contributed by atoms with van der Waals surface area (Å²) in [6, 6.07) is 4.02. The van der Waals surface area contributed by atoms with Crippen molar-refractivity contribution in [3.05, 3.63) is 20.8 Å². The summed E-state index contributed by atoms with van der Waals surface area (Å²) in [4.78, 5) is 12.4. The number of nitrogens with one attached hydrogen (secondary N) is 1. The predicted octanol–water partition coefficient (Wildman–Crippen LogP) is 2.55. The van der Waals surface area contributed by atoms with Crippen molar-refractivity contribution in [3.63, 3.8) is 0 Å². The fraction of sp³-hybridized carbons (Fsp3) is 0.500. The molecule has 1 N–H and O–H groups in total. The molecule has 15 heavy (non-hydrogen) atoms. The van der Waals surface area contributed by atoms with E-state index in [0.717, 1.165) is 3.79 Å². The molecule has 1 aromatic heterocycles. The largest absolute Gasteiger partial charge is 0.462 e. The summed E-state index contributed by atoms with van der Waals surface area (Å²) in [5, 5.41) is 3.04. The van der Waals surface area contributed by atoms with Crippen molar-refractivity contribution in [2.24, 2.45) is 0 Å². The second-order valence-electron chi connectivity index (χ2n) is 3.35. The normalized spacial score (nSPS) is 10.7. The van der Waals surface area contributed by atoms with Gasteiger partial charge in [0.1, 0.15) is 0 Å². The van der Waals surface area contributed by atoms with Gasteiger partial charge in [-0.15, -0.1) is 11.3 Å². The first-order chi connectivity index (χ1) is 7.08. The van der Waals surface area contributed by atoms with Gasteiger partial charge in [-0.25, -0.2) is 0 Å². The first-order valence-corrected chi connectivity index (χ1v) is 6.33. The van der Waals surface area contributed by atoms with Gasteiger partial charge >= 0.3 is 5.97 Å². The quantitative estimate of drug-likeness (QED) is 0.848. The van der Waals surface area contributed by atoms with Crippen LogP contribution < -0.4 is 5.32 Å². The third kappa shape index (κ3) is 5.30. The van der Waals surface area contributed by atoms with Crippen LogP contribution in [0.1, 0.15) is 18.7 Å². The summed E-state index contributed by atoms with van der Waals surface area (Å²) in [5.74, 6) is -0.208. The van der Waals surface area contributed by atoms with Crippen LogP contribution in [-0.2, 0) is 16.1 Å². The van der Waals surface area contributed by atoms with E-state index < -0.39 is 0 Å². The number of carbonyl (C=O) groups excluding carboxylic acids is 1. The Bertz CT molecular complexity index is 325. The van der Waals surface area contributed by atoms with Gasteiger partial charge in [0, 0.05) is 11.4 Å². The predicted molar refractivity (Wildman–Crippen MR) is 65.0 cm³/mol. The molecular weight excluding hydrogens is 278 g/mol. The third-order valence-electron chi connectivity index (χ3n) is 1.56. The van der Waals surface area contributed by atoms with Gasteiger partial charge in [-0.1, -0.05) is 0 Å². The lowest BCUT2D eigenvalue weighted by atomic mass is 10.4. The summed E-state index contributed by atoms with van der Waals surface area (Å²) in [5.41, 5.74) is 0. The van der Waals surface area contributed by atoms with Crippen LogP contribution >= 0.6 is 27.3 Å². The topological polar surface area (TPSA) is 38.3 Å². The second-order valence-corrected chi connectivity index (χ2v) is 5.90. The lowest BCUT2D eigenvalue weighted by Crippen LogP contribution is -2.25. The van der Waals surface area contributed by atoms with Crippen LogP contribution in [0.4, 0.5) is 0 Å². The second kappa shape index (κ2) is 6.25. The Labute approximate surface area is 102 Å². The Morgan fingerprint density at radius 1 is 1.60 bits per heavy atom. The molecule has 0 aliphatic heterocycles. The number of esters is 1. The van der Waals surface area contributed by atoms with Gasteiger partial charge < -0.3 is 10.1 Å². The summed E-state index contributed by atoms with van der Waals surface area (Å²) in [6.45, 7) is 4.64. The van der Waals surface area contributed by atoms with Gasteiger partial charge in [0.25, 0.3) is 0 Å². The molecule has 0 spiro atoms. The zero-order valence-electron chi connectivity index (χ0n) is 8.75. The Morgan fingerprint density at radius 2 is 2.33 bits per heavy atom. The highest BCUT2D eigenvalue weighted by Gasteiger charge is 2.04. The highest BCUT2D eigenvalue weighted by atomic mass is 79.9.